The van der Waals surface area contributed by atoms with E-state index < -0.39 is 0 Å². The Hall–Kier alpha value is -1.42. The standard InChI is InChI=1S/C15H10N.Li/c1-2-6-11-10(5-1)9-13-12-7-3-4-8-14(12)16-15(11)13;/h1-4,6-9,15-16H;. The van der Waals surface area contributed by atoms with E-state index in [0.717, 1.165) is 0 Å². The molecule has 0 radical (unpaired) electrons. The molecule has 0 saturated heterocycles. The van der Waals surface area contributed by atoms with Crippen LogP contribution in [-0.2, 0) is 0 Å². The summed E-state index contributed by atoms with van der Waals surface area (Å²) in [5.41, 5.74) is 6.85. The molecular formula is C15H10LiN. The first-order valence-electron chi connectivity index (χ1n) is 6.01. The van der Waals surface area contributed by atoms with Gasteiger partial charge < -0.3 is 0 Å². The number of benzene rings is 2. The molecule has 1 atom stereocenters. The van der Waals surface area contributed by atoms with Gasteiger partial charge in [0.15, 0.2) is 0 Å². The first-order valence-corrected chi connectivity index (χ1v) is 6.01. The van der Waals surface area contributed by atoms with Crippen molar-refractivity contribution in [1.29, 1.82) is 0 Å². The average molecular weight is 211 g/mol. The molecule has 0 bridgehead atoms. The summed E-state index contributed by atoms with van der Waals surface area (Å²) in [7, 11) is 0. The van der Waals surface area contributed by atoms with Crippen LogP contribution in [0, 0.1) is 0 Å². The Balaban J connectivity index is 1.97. The van der Waals surface area contributed by atoms with Crippen LogP contribution in [0.1, 0.15) is 22.7 Å². The fourth-order valence-corrected chi connectivity index (χ4v) is 2.96. The molecule has 1 unspecified atom stereocenters. The molecule has 2 aromatic rings. The molecule has 1 aliphatic heterocycles. The molecule has 0 saturated carbocycles. The van der Waals surface area contributed by atoms with Gasteiger partial charge in [0.25, 0.3) is 0 Å². The number of rotatable bonds is 0. The van der Waals surface area contributed by atoms with Crippen molar-refractivity contribution < 1.29 is 0 Å². The van der Waals surface area contributed by atoms with Crippen LogP contribution >= 0.6 is 0 Å². The van der Waals surface area contributed by atoms with E-state index in [2.05, 4.69) is 71.6 Å². The van der Waals surface area contributed by atoms with Crippen molar-refractivity contribution in [2.45, 2.75) is 6.04 Å². The predicted molar refractivity (Wildman–Crippen MR) is 72.5 cm³/mol. The predicted octanol–water partition coefficient (Wildman–Crippen LogP) is 2.50. The van der Waals surface area contributed by atoms with E-state index in [1.54, 1.807) is 0 Å². The second kappa shape index (κ2) is 3.29. The summed E-state index contributed by atoms with van der Waals surface area (Å²) in [6.45, 7) is 0. The third-order valence-electron chi connectivity index (χ3n) is 3.82. The van der Waals surface area contributed by atoms with Gasteiger partial charge in [-0.15, -0.1) is 0 Å². The maximum atomic E-state index is 3.61. The molecule has 0 fully saturated rings. The molecule has 1 nitrogen and oxygen atoms in total. The monoisotopic (exact) mass is 211 g/mol. The molecule has 1 N–H and O–H groups in total. The summed E-state index contributed by atoms with van der Waals surface area (Å²) in [6.07, 6.45) is 2.34. The van der Waals surface area contributed by atoms with E-state index in [1.807, 2.05) is 0 Å². The Labute approximate surface area is 110 Å². The van der Waals surface area contributed by atoms with E-state index in [1.165, 1.54) is 32.2 Å². The van der Waals surface area contributed by atoms with Crippen LogP contribution in [0.5, 0.6) is 0 Å². The van der Waals surface area contributed by atoms with Gasteiger partial charge in [-0.1, -0.05) is 0 Å². The van der Waals surface area contributed by atoms with E-state index in [4.69, 9.17) is 0 Å². The van der Waals surface area contributed by atoms with Crippen molar-refractivity contribution in [3.8, 4) is 0 Å². The van der Waals surface area contributed by atoms with Gasteiger partial charge in [0.05, 0.1) is 0 Å². The Morgan fingerprint density at radius 3 is 2.82 bits per heavy atom. The molecule has 17 heavy (non-hydrogen) atoms. The van der Waals surface area contributed by atoms with Gasteiger partial charge >= 0.3 is 110 Å². The summed E-state index contributed by atoms with van der Waals surface area (Å²) in [5, 5.41) is 3.61. The molecule has 76 valence electrons. The maximum absolute atomic E-state index is 3.61. The molecule has 2 heteroatoms. The quantitative estimate of drug-likeness (QED) is 0.660. The normalized spacial score (nSPS) is 19.2. The van der Waals surface area contributed by atoms with Crippen LogP contribution < -0.4 is 9.55 Å². The van der Waals surface area contributed by atoms with Crippen LogP contribution in [0.4, 0.5) is 5.69 Å². The summed E-state index contributed by atoms with van der Waals surface area (Å²) >= 11 is 2.18. The van der Waals surface area contributed by atoms with Crippen molar-refractivity contribution in [3.63, 3.8) is 0 Å². The first kappa shape index (κ1) is 9.59. The zero-order valence-electron chi connectivity index (χ0n) is 9.70. The van der Waals surface area contributed by atoms with Gasteiger partial charge in [-0.2, -0.15) is 0 Å². The van der Waals surface area contributed by atoms with E-state index in [9.17, 15) is 0 Å². The summed E-state index contributed by atoms with van der Waals surface area (Å²) in [5.74, 6) is 0. The molecule has 1 heterocycles. The third-order valence-corrected chi connectivity index (χ3v) is 3.82. The SMILES string of the molecule is [Li][c]1cccc2c1C=C1c3ccccc3NC12. The Kier molecular flexibility index (Phi) is 1.86. The van der Waals surface area contributed by atoms with Crippen molar-refractivity contribution in [2.24, 2.45) is 0 Å². The zero-order valence-corrected chi connectivity index (χ0v) is 9.70. The van der Waals surface area contributed by atoms with Gasteiger partial charge in [0, 0.05) is 0 Å². The van der Waals surface area contributed by atoms with Crippen molar-refractivity contribution in [2.75, 3.05) is 5.32 Å². The Morgan fingerprint density at radius 1 is 1.00 bits per heavy atom. The topological polar surface area (TPSA) is 12.0 Å². The Morgan fingerprint density at radius 2 is 1.88 bits per heavy atom. The van der Waals surface area contributed by atoms with E-state index in [-0.39, 0.29) is 0 Å². The van der Waals surface area contributed by atoms with Gasteiger partial charge in [-0.25, -0.2) is 0 Å². The fourth-order valence-electron chi connectivity index (χ4n) is 2.96. The molecular weight excluding hydrogens is 201 g/mol. The third kappa shape index (κ3) is 1.21. The Bertz CT molecular complexity index is 658. The second-order valence-electron chi connectivity index (χ2n) is 4.80. The fraction of sp³-hybridized carbons (Fsp3) is 0.0667. The second-order valence-corrected chi connectivity index (χ2v) is 4.80. The number of anilines is 1. The van der Waals surface area contributed by atoms with Gasteiger partial charge in [0.1, 0.15) is 0 Å². The average Bonchev–Trinajstić information content (AvgIpc) is 2.87. The zero-order chi connectivity index (χ0) is 11.4. The van der Waals surface area contributed by atoms with Crippen LogP contribution in [0.25, 0.3) is 11.6 Å². The van der Waals surface area contributed by atoms with Gasteiger partial charge in [-0.05, 0) is 0 Å². The number of nitrogens with one attached hydrogen (secondary N) is 1. The van der Waals surface area contributed by atoms with E-state index in [0.29, 0.717) is 6.04 Å². The van der Waals surface area contributed by atoms with Crippen LogP contribution in [0.3, 0.4) is 0 Å². The molecule has 0 spiro atoms. The van der Waals surface area contributed by atoms with Crippen molar-refractivity contribution in [1.82, 2.24) is 0 Å². The molecule has 0 aromatic heterocycles. The van der Waals surface area contributed by atoms with Crippen LogP contribution in [0.2, 0.25) is 0 Å². The van der Waals surface area contributed by atoms with Crippen LogP contribution in [-0.4, -0.2) is 17.7 Å². The first-order chi connectivity index (χ1) is 8.34. The number of hydrogen-bond acceptors (Lipinski definition) is 1. The minimum atomic E-state index is 0.363. The van der Waals surface area contributed by atoms with E-state index >= 15 is 0 Å². The summed E-state index contributed by atoms with van der Waals surface area (Å²) in [4.78, 5) is 0. The van der Waals surface area contributed by atoms with Gasteiger partial charge in [0.2, 0.25) is 0 Å². The summed E-state index contributed by atoms with van der Waals surface area (Å²) < 4.78 is 1.36. The molecule has 2 aliphatic rings. The number of para-hydroxylation sites is 1. The van der Waals surface area contributed by atoms with Crippen molar-refractivity contribution in [3.05, 3.63) is 59.2 Å². The minimum absolute atomic E-state index is 0.363. The molecule has 1 aliphatic carbocycles. The van der Waals surface area contributed by atoms with Crippen molar-refractivity contribution >= 4 is 39.3 Å². The number of hydrogen-bond donors (Lipinski definition) is 1. The molecule has 2 aromatic carbocycles. The molecule has 4 rings (SSSR count). The number of fused-ring (bicyclic) bond motifs is 5. The molecule has 0 amide bonds. The van der Waals surface area contributed by atoms with Crippen LogP contribution in [0.15, 0.2) is 42.5 Å². The summed E-state index contributed by atoms with van der Waals surface area (Å²) in [6, 6.07) is 15.5. The van der Waals surface area contributed by atoms with Gasteiger partial charge in [-0.3, -0.25) is 0 Å².